The van der Waals surface area contributed by atoms with Crippen molar-refractivity contribution >= 4 is 17.8 Å². The number of aliphatic carboxylic acids is 1. The highest BCUT2D eigenvalue weighted by atomic mass is 16.5. The van der Waals surface area contributed by atoms with Gasteiger partial charge in [0.05, 0.1) is 13.0 Å². The number of ether oxygens (including phenoxy) is 1. The van der Waals surface area contributed by atoms with E-state index < -0.39 is 23.9 Å². The molecule has 2 N–H and O–H groups in total. The number of carboxylic acids is 1. The number of hydrogen-bond donors (Lipinski definition) is 2. The fraction of sp³-hybridized carbons (Fsp3) is 0.786. The summed E-state index contributed by atoms with van der Waals surface area (Å²) >= 11 is 0. The van der Waals surface area contributed by atoms with Crippen LogP contribution in [-0.4, -0.2) is 35.6 Å². The molecule has 0 bridgehead atoms. The standard InChI is InChI=1S/C14H25NO5/c1-3-5-6-7-8-11(14(18)19)15-12(16)9-10-13(17)20-4-2/h11H,3-10H2,1-2H3,(H,15,16)(H,18,19)/t11-/m0/s1. The van der Waals surface area contributed by atoms with Crippen LogP contribution in [0.4, 0.5) is 0 Å². The molecule has 0 fully saturated rings. The predicted molar refractivity (Wildman–Crippen MR) is 74.2 cm³/mol. The van der Waals surface area contributed by atoms with Gasteiger partial charge in [-0.1, -0.05) is 32.6 Å². The summed E-state index contributed by atoms with van der Waals surface area (Å²) in [6, 6.07) is -0.874. The van der Waals surface area contributed by atoms with E-state index in [1.807, 2.05) is 0 Å². The Balaban J connectivity index is 4.01. The molecule has 116 valence electrons. The smallest absolute Gasteiger partial charge is 0.326 e. The Morgan fingerprint density at radius 2 is 1.80 bits per heavy atom. The SMILES string of the molecule is CCCCCC[C@H](NC(=O)CCC(=O)OCC)C(=O)O. The summed E-state index contributed by atoms with van der Waals surface area (Å²) in [5.41, 5.74) is 0. The quantitative estimate of drug-likeness (QED) is 0.447. The van der Waals surface area contributed by atoms with Crippen molar-refractivity contribution in [3.05, 3.63) is 0 Å². The highest BCUT2D eigenvalue weighted by Crippen LogP contribution is 2.06. The average molecular weight is 287 g/mol. The van der Waals surface area contributed by atoms with Crippen LogP contribution in [0.3, 0.4) is 0 Å². The molecule has 0 aliphatic carbocycles. The summed E-state index contributed by atoms with van der Waals surface area (Å²) in [7, 11) is 0. The third-order valence-electron chi connectivity index (χ3n) is 2.84. The molecular formula is C14H25NO5. The molecule has 0 unspecified atom stereocenters. The van der Waals surface area contributed by atoms with Crippen molar-refractivity contribution in [2.45, 2.75) is 64.8 Å². The maximum Gasteiger partial charge on any atom is 0.326 e. The maximum atomic E-state index is 11.6. The molecule has 0 radical (unpaired) electrons. The van der Waals surface area contributed by atoms with Crippen molar-refractivity contribution in [1.29, 1.82) is 0 Å². The number of nitrogens with one attached hydrogen (secondary N) is 1. The minimum atomic E-state index is -1.04. The Morgan fingerprint density at radius 1 is 1.10 bits per heavy atom. The van der Waals surface area contributed by atoms with Gasteiger partial charge in [0.25, 0.3) is 0 Å². The fourth-order valence-corrected chi connectivity index (χ4v) is 1.75. The number of carboxylic acid groups (broad SMARTS) is 1. The van der Waals surface area contributed by atoms with E-state index in [-0.39, 0.29) is 19.4 Å². The molecule has 6 heteroatoms. The first-order chi connectivity index (χ1) is 9.51. The zero-order chi connectivity index (χ0) is 15.4. The van der Waals surface area contributed by atoms with Crippen LogP contribution < -0.4 is 5.32 Å². The molecule has 6 nitrogen and oxygen atoms in total. The average Bonchev–Trinajstić information content (AvgIpc) is 2.40. The van der Waals surface area contributed by atoms with E-state index in [1.165, 1.54) is 0 Å². The monoisotopic (exact) mass is 287 g/mol. The first kappa shape index (κ1) is 18.4. The summed E-state index contributed by atoms with van der Waals surface area (Å²) in [5.74, 6) is -1.91. The van der Waals surface area contributed by atoms with Gasteiger partial charge in [0.15, 0.2) is 0 Å². The first-order valence-electron chi connectivity index (χ1n) is 7.19. The fourth-order valence-electron chi connectivity index (χ4n) is 1.75. The summed E-state index contributed by atoms with van der Waals surface area (Å²) < 4.78 is 4.70. The van der Waals surface area contributed by atoms with Gasteiger partial charge in [-0.25, -0.2) is 4.79 Å². The van der Waals surface area contributed by atoms with Crippen molar-refractivity contribution in [2.75, 3.05) is 6.61 Å². The Hall–Kier alpha value is -1.59. The zero-order valence-electron chi connectivity index (χ0n) is 12.3. The Labute approximate surface area is 119 Å². The van der Waals surface area contributed by atoms with Gasteiger partial charge in [-0.05, 0) is 13.3 Å². The molecule has 0 aliphatic heterocycles. The van der Waals surface area contributed by atoms with Crippen LogP contribution in [0.2, 0.25) is 0 Å². The molecule has 0 saturated heterocycles. The summed E-state index contributed by atoms with van der Waals surface area (Å²) in [4.78, 5) is 33.7. The van der Waals surface area contributed by atoms with Gasteiger partial charge >= 0.3 is 11.9 Å². The van der Waals surface area contributed by atoms with Crippen LogP contribution in [0.5, 0.6) is 0 Å². The van der Waals surface area contributed by atoms with Crippen LogP contribution in [0.15, 0.2) is 0 Å². The number of rotatable bonds is 11. The Bertz CT molecular complexity index is 317. The van der Waals surface area contributed by atoms with Crippen molar-refractivity contribution in [3.63, 3.8) is 0 Å². The van der Waals surface area contributed by atoms with E-state index in [0.29, 0.717) is 6.42 Å². The normalized spacial score (nSPS) is 11.7. The van der Waals surface area contributed by atoms with E-state index in [0.717, 1.165) is 25.7 Å². The van der Waals surface area contributed by atoms with Gasteiger partial charge in [-0.2, -0.15) is 0 Å². The molecule has 0 aromatic rings. The third-order valence-corrected chi connectivity index (χ3v) is 2.84. The van der Waals surface area contributed by atoms with E-state index in [2.05, 4.69) is 12.2 Å². The van der Waals surface area contributed by atoms with E-state index in [1.54, 1.807) is 6.92 Å². The number of unbranched alkanes of at least 4 members (excludes halogenated alkanes) is 3. The molecule has 0 spiro atoms. The van der Waals surface area contributed by atoms with E-state index >= 15 is 0 Å². The molecule has 0 rings (SSSR count). The first-order valence-corrected chi connectivity index (χ1v) is 7.19. The maximum absolute atomic E-state index is 11.6. The van der Waals surface area contributed by atoms with Crippen LogP contribution in [0.25, 0.3) is 0 Å². The van der Waals surface area contributed by atoms with Crippen molar-refractivity contribution in [2.24, 2.45) is 0 Å². The Morgan fingerprint density at radius 3 is 2.35 bits per heavy atom. The minimum Gasteiger partial charge on any atom is -0.480 e. The summed E-state index contributed by atoms with van der Waals surface area (Å²) in [6.07, 6.45) is 4.20. The predicted octanol–water partition coefficient (Wildman–Crippen LogP) is 1.87. The molecule has 0 aromatic heterocycles. The second-order valence-corrected chi connectivity index (χ2v) is 4.61. The molecule has 1 amide bonds. The number of esters is 1. The number of hydrogen-bond acceptors (Lipinski definition) is 4. The lowest BCUT2D eigenvalue weighted by molar-refractivity contribution is -0.145. The van der Waals surface area contributed by atoms with Gasteiger partial charge in [0.2, 0.25) is 5.91 Å². The second kappa shape index (κ2) is 11.3. The van der Waals surface area contributed by atoms with Gasteiger partial charge in [-0.3, -0.25) is 9.59 Å². The highest BCUT2D eigenvalue weighted by molar-refractivity contribution is 5.85. The number of amides is 1. The van der Waals surface area contributed by atoms with E-state index in [9.17, 15) is 14.4 Å². The molecule has 20 heavy (non-hydrogen) atoms. The summed E-state index contributed by atoms with van der Waals surface area (Å²) in [6.45, 7) is 4.04. The molecular weight excluding hydrogens is 262 g/mol. The number of carbonyl (C=O) groups excluding carboxylic acids is 2. The number of carbonyl (C=O) groups is 3. The molecule has 0 heterocycles. The molecule has 0 aliphatic rings. The van der Waals surface area contributed by atoms with Crippen molar-refractivity contribution < 1.29 is 24.2 Å². The lowest BCUT2D eigenvalue weighted by atomic mass is 10.1. The van der Waals surface area contributed by atoms with Crippen LogP contribution >= 0.6 is 0 Å². The van der Waals surface area contributed by atoms with Gasteiger partial charge in [-0.15, -0.1) is 0 Å². The Kier molecular flexibility index (Phi) is 10.4. The van der Waals surface area contributed by atoms with Crippen LogP contribution in [-0.2, 0) is 19.1 Å². The minimum absolute atomic E-state index is 0.0259. The van der Waals surface area contributed by atoms with Crippen molar-refractivity contribution in [1.82, 2.24) is 5.32 Å². The topological polar surface area (TPSA) is 92.7 Å². The molecule has 0 aromatic carbocycles. The van der Waals surface area contributed by atoms with E-state index in [4.69, 9.17) is 9.84 Å². The van der Waals surface area contributed by atoms with Gasteiger partial charge in [0, 0.05) is 6.42 Å². The lowest BCUT2D eigenvalue weighted by Crippen LogP contribution is -2.40. The van der Waals surface area contributed by atoms with Crippen LogP contribution in [0.1, 0.15) is 58.8 Å². The second-order valence-electron chi connectivity index (χ2n) is 4.61. The third kappa shape index (κ3) is 9.35. The van der Waals surface area contributed by atoms with Gasteiger partial charge < -0.3 is 15.2 Å². The van der Waals surface area contributed by atoms with Crippen LogP contribution in [0, 0.1) is 0 Å². The van der Waals surface area contributed by atoms with Crippen molar-refractivity contribution in [3.8, 4) is 0 Å². The summed E-state index contributed by atoms with van der Waals surface area (Å²) in [5, 5.41) is 11.5. The zero-order valence-corrected chi connectivity index (χ0v) is 12.3. The largest absolute Gasteiger partial charge is 0.480 e. The molecule has 0 saturated carbocycles. The lowest BCUT2D eigenvalue weighted by Gasteiger charge is -2.14. The van der Waals surface area contributed by atoms with Gasteiger partial charge in [0.1, 0.15) is 6.04 Å². The molecule has 1 atom stereocenters. The highest BCUT2D eigenvalue weighted by Gasteiger charge is 2.19.